The summed E-state index contributed by atoms with van der Waals surface area (Å²) in [5.41, 5.74) is 0.962. The van der Waals surface area contributed by atoms with Gasteiger partial charge in [-0.25, -0.2) is 0 Å². The van der Waals surface area contributed by atoms with Gasteiger partial charge in [0.05, 0.1) is 11.6 Å². The molecule has 4 nitrogen and oxygen atoms in total. The summed E-state index contributed by atoms with van der Waals surface area (Å²) in [6, 6.07) is 6.90. The molecule has 1 atom stereocenters. The number of carbonyl (C=O) groups excluding carboxylic acids is 1. The molecule has 1 saturated heterocycles. The number of nitrogens with zero attached hydrogens (tertiary/aromatic N) is 2. The number of carbonyl (C=O) groups is 1. The number of amides is 1. The van der Waals surface area contributed by atoms with Gasteiger partial charge < -0.3 is 10.0 Å². The third-order valence-electron chi connectivity index (χ3n) is 3.38. The van der Waals surface area contributed by atoms with Crippen molar-refractivity contribution in [3.8, 4) is 11.8 Å². The summed E-state index contributed by atoms with van der Waals surface area (Å²) >= 11 is 0. The first kappa shape index (κ1) is 12.4. The average molecular weight is 244 g/mol. The fourth-order valence-electron chi connectivity index (χ4n) is 2.30. The molecule has 0 saturated carbocycles. The molecule has 2 rings (SSSR count). The highest BCUT2D eigenvalue weighted by atomic mass is 16.3. The highest BCUT2D eigenvalue weighted by Crippen LogP contribution is 2.26. The Labute approximate surface area is 106 Å². The van der Waals surface area contributed by atoms with Crippen LogP contribution in [0.3, 0.4) is 0 Å². The van der Waals surface area contributed by atoms with Crippen LogP contribution in [-0.2, 0) is 0 Å². The maximum absolute atomic E-state index is 12.4. The van der Waals surface area contributed by atoms with Crippen LogP contribution in [0.5, 0.6) is 5.75 Å². The van der Waals surface area contributed by atoms with Crippen LogP contribution in [0.2, 0.25) is 0 Å². The summed E-state index contributed by atoms with van der Waals surface area (Å²) in [5, 5.41) is 19.0. The topological polar surface area (TPSA) is 64.3 Å². The molecule has 1 unspecified atom stereocenters. The summed E-state index contributed by atoms with van der Waals surface area (Å²) in [5.74, 6) is -0.229. The van der Waals surface area contributed by atoms with Crippen LogP contribution in [-0.4, -0.2) is 28.5 Å². The number of para-hydroxylation sites is 1. The molecule has 1 aliphatic rings. The van der Waals surface area contributed by atoms with E-state index >= 15 is 0 Å². The molecule has 1 aromatic carbocycles. The van der Waals surface area contributed by atoms with Crippen LogP contribution in [0.15, 0.2) is 18.2 Å². The Hall–Kier alpha value is -2.02. The smallest absolute Gasteiger partial charge is 0.258 e. The van der Waals surface area contributed by atoms with Crippen molar-refractivity contribution in [3.63, 3.8) is 0 Å². The minimum atomic E-state index is -0.369. The predicted molar refractivity (Wildman–Crippen MR) is 67.1 cm³/mol. The number of aromatic hydroxyl groups is 1. The molecular formula is C14H16N2O2. The van der Waals surface area contributed by atoms with Crippen LogP contribution in [0.1, 0.15) is 35.2 Å². The van der Waals surface area contributed by atoms with Gasteiger partial charge in [0.2, 0.25) is 0 Å². The van der Waals surface area contributed by atoms with Gasteiger partial charge >= 0.3 is 0 Å². The van der Waals surface area contributed by atoms with Crippen molar-refractivity contribution in [2.75, 3.05) is 6.54 Å². The van der Waals surface area contributed by atoms with Gasteiger partial charge in [-0.2, -0.15) is 5.26 Å². The van der Waals surface area contributed by atoms with E-state index in [0.29, 0.717) is 12.1 Å². The Morgan fingerprint density at radius 3 is 3.00 bits per heavy atom. The Kier molecular flexibility index (Phi) is 3.52. The van der Waals surface area contributed by atoms with E-state index in [2.05, 4.69) is 6.07 Å². The van der Waals surface area contributed by atoms with Crippen molar-refractivity contribution in [3.05, 3.63) is 29.3 Å². The Bertz CT molecular complexity index is 505. The number of phenolic OH excluding ortho intramolecular Hbond substituents is 1. The lowest BCUT2D eigenvalue weighted by Gasteiger charge is -2.31. The van der Waals surface area contributed by atoms with Gasteiger partial charge in [0.1, 0.15) is 11.8 Å². The van der Waals surface area contributed by atoms with E-state index < -0.39 is 0 Å². The van der Waals surface area contributed by atoms with Crippen molar-refractivity contribution >= 4 is 5.91 Å². The van der Waals surface area contributed by atoms with Crippen molar-refractivity contribution in [2.45, 2.75) is 32.2 Å². The Morgan fingerprint density at radius 2 is 2.28 bits per heavy atom. The number of hydrogen-bond acceptors (Lipinski definition) is 3. The SMILES string of the molecule is Cc1cccc(C(=O)N2CCCCC2C#N)c1O. The van der Waals surface area contributed by atoms with E-state index in [1.54, 1.807) is 30.0 Å². The van der Waals surface area contributed by atoms with E-state index in [0.717, 1.165) is 19.3 Å². The normalized spacial score (nSPS) is 19.3. The molecule has 1 aliphatic heterocycles. The number of piperidine rings is 1. The molecule has 94 valence electrons. The lowest BCUT2D eigenvalue weighted by atomic mass is 10.0. The molecule has 0 bridgehead atoms. The molecule has 0 spiro atoms. The Morgan fingerprint density at radius 1 is 1.50 bits per heavy atom. The van der Waals surface area contributed by atoms with Crippen molar-refractivity contribution in [1.29, 1.82) is 5.26 Å². The van der Waals surface area contributed by atoms with E-state index in [1.807, 2.05) is 0 Å². The predicted octanol–water partition coefficient (Wildman–Crippen LogP) is 2.22. The van der Waals surface area contributed by atoms with Gasteiger partial charge in [0, 0.05) is 6.54 Å². The lowest BCUT2D eigenvalue weighted by molar-refractivity contribution is 0.0667. The zero-order valence-electron chi connectivity index (χ0n) is 10.4. The standard InChI is InChI=1S/C14H16N2O2/c1-10-5-4-7-12(13(10)17)14(18)16-8-3-2-6-11(16)9-15/h4-5,7,11,17H,2-3,6,8H2,1H3. The van der Waals surface area contributed by atoms with E-state index in [9.17, 15) is 9.90 Å². The summed E-state index contributed by atoms with van der Waals surface area (Å²) in [6.07, 6.45) is 2.60. The molecule has 0 radical (unpaired) electrons. The number of rotatable bonds is 1. The van der Waals surface area contributed by atoms with Gasteiger partial charge in [-0.1, -0.05) is 12.1 Å². The maximum Gasteiger partial charge on any atom is 0.258 e. The first-order chi connectivity index (χ1) is 8.65. The molecule has 1 amide bonds. The fraction of sp³-hybridized carbons (Fsp3) is 0.429. The zero-order chi connectivity index (χ0) is 13.1. The number of phenols is 1. The van der Waals surface area contributed by atoms with Gasteiger partial charge in [0.15, 0.2) is 0 Å². The first-order valence-electron chi connectivity index (χ1n) is 6.14. The molecule has 1 heterocycles. The van der Waals surface area contributed by atoms with Crippen LogP contribution >= 0.6 is 0 Å². The molecule has 0 aromatic heterocycles. The summed E-state index contributed by atoms with van der Waals surface area (Å²) in [4.78, 5) is 13.9. The number of benzene rings is 1. The second kappa shape index (κ2) is 5.09. The maximum atomic E-state index is 12.4. The summed E-state index contributed by atoms with van der Waals surface area (Å²) in [6.45, 7) is 2.34. The highest BCUT2D eigenvalue weighted by molar-refractivity contribution is 5.97. The largest absolute Gasteiger partial charge is 0.507 e. The molecule has 0 aliphatic carbocycles. The number of likely N-dealkylation sites (tertiary alicyclic amines) is 1. The minimum absolute atomic E-state index is 0.0183. The van der Waals surface area contributed by atoms with Crippen LogP contribution in [0.4, 0.5) is 0 Å². The third kappa shape index (κ3) is 2.17. The molecule has 1 aromatic rings. The molecular weight excluding hydrogens is 228 g/mol. The van der Waals surface area contributed by atoms with Crippen molar-refractivity contribution in [1.82, 2.24) is 4.90 Å². The Balaban J connectivity index is 2.30. The second-order valence-electron chi connectivity index (χ2n) is 4.61. The summed E-state index contributed by atoms with van der Waals surface area (Å²) < 4.78 is 0. The number of hydrogen-bond donors (Lipinski definition) is 1. The summed E-state index contributed by atoms with van der Waals surface area (Å²) in [7, 11) is 0. The van der Waals surface area contributed by atoms with Crippen LogP contribution in [0, 0.1) is 18.3 Å². The number of aryl methyl sites for hydroxylation is 1. The first-order valence-corrected chi connectivity index (χ1v) is 6.14. The number of nitriles is 1. The highest BCUT2D eigenvalue weighted by Gasteiger charge is 2.28. The molecule has 1 N–H and O–H groups in total. The van der Waals surface area contributed by atoms with Gasteiger partial charge in [-0.3, -0.25) is 4.79 Å². The minimum Gasteiger partial charge on any atom is -0.507 e. The molecule has 1 fully saturated rings. The second-order valence-corrected chi connectivity index (χ2v) is 4.61. The quantitative estimate of drug-likeness (QED) is 0.823. The van der Waals surface area contributed by atoms with E-state index in [4.69, 9.17) is 5.26 Å². The van der Waals surface area contributed by atoms with Crippen LogP contribution in [0.25, 0.3) is 0 Å². The van der Waals surface area contributed by atoms with Gasteiger partial charge in [-0.05, 0) is 37.8 Å². The monoisotopic (exact) mass is 244 g/mol. The molecule has 18 heavy (non-hydrogen) atoms. The zero-order valence-corrected chi connectivity index (χ0v) is 10.4. The lowest BCUT2D eigenvalue weighted by Crippen LogP contribution is -2.42. The van der Waals surface area contributed by atoms with Gasteiger partial charge in [0.25, 0.3) is 5.91 Å². The van der Waals surface area contributed by atoms with Crippen molar-refractivity contribution < 1.29 is 9.90 Å². The average Bonchev–Trinajstić information content (AvgIpc) is 2.41. The van der Waals surface area contributed by atoms with E-state index in [-0.39, 0.29) is 23.3 Å². The van der Waals surface area contributed by atoms with Crippen molar-refractivity contribution in [2.24, 2.45) is 0 Å². The molecule has 4 heteroatoms. The van der Waals surface area contributed by atoms with Gasteiger partial charge in [-0.15, -0.1) is 0 Å². The fourth-order valence-corrected chi connectivity index (χ4v) is 2.30. The van der Waals surface area contributed by atoms with E-state index in [1.165, 1.54) is 0 Å². The van der Waals surface area contributed by atoms with Crippen LogP contribution < -0.4 is 0 Å². The third-order valence-corrected chi connectivity index (χ3v) is 3.38.